The molecule has 1 aliphatic carbocycles. The van der Waals surface area contributed by atoms with Crippen molar-refractivity contribution in [3.8, 4) is 0 Å². The van der Waals surface area contributed by atoms with Crippen LogP contribution in [0.3, 0.4) is 0 Å². The first kappa shape index (κ1) is 26.3. The third-order valence-corrected chi connectivity index (χ3v) is 6.55. The predicted molar refractivity (Wildman–Crippen MR) is 127 cm³/mol. The summed E-state index contributed by atoms with van der Waals surface area (Å²) in [5.74, 6) is -0.989. The number of rotatable bonds is 10. The van der Waals surface area contributed by atoms with Crippen LogP contribution in [0.4, 0.5) is 0 Å². The normalized spacial score (nSPS) is 21.8. The molecule has 8 heteroatoms. The van der Waals surface area contributed by atoms with E-state index in [-0.39, 0.29) is 0 Å². The second kappa shape index (κ2) is 12.2. The molecule has 7 nitrogen and oxygen atoms in total. The molecule has 0 aromatic heterocycles. The maximum Gasteiger partial charge on any atom is 0.328 e. The Morgan fingerprint density at radius 3 is 2.55 bits per heavy atom. The topological polar surface area (TPSA) is 108 Å². The number of sulfonamides is 1. The number of nitrogens with zero attached hydrogens (tertiary/aromatic N) is 1. The van der Waals surface area contributed by atoms with E-state index in [0.717, 1.165) is 30.1 Å². The van der Waals surface area contributed by atoms with Gasteiger partial charge in [-0.1, -0.05) is 49.0 Å². The minimum Gasteiger partial charge on any atom is -0.478 e. The van der Waals surface area contributed by atoms with Crippen molar-refractivity contribution in [2.75, 3.05) is 14.1 Å². The highest BCUT2D eigenvalue weighted by atomic mass is 32.2. The summed E-state index contributed by atoms with van der Waals surface area (Å²) in [4.78, 5) is 15.0. The Labute approximate surface area is 185 Å². The van der Waals surface area contributed by atoms with Crippen LogP contribution in [0.1, 0.15) is 40.0 Å². The van der Waals surface area contributed by atoms with Gasteiger partial charge in [0.15, 0.2) is 0 Å². The van der Waals surface area contributed by atoms with E-state index < -0.39 is 21.4 Å². The molecule has 0 spiro atoms. The lowest BCUT2D eigenvalue weighted by Gasteiger charge is -2.34. The fraction of sp³-hybridized carbons (Fsp3) is 0.391. The van der Waals surface area contributed by atoms with Gasteiger partial charge in [0.2, 0.25) is 10.0 Å². The van der Waals surface area contributed by atoms with E-state index in [1.807, 2.05) is 38.2 Å². The van der Waals surface area contributed by atoms with Crippen LogP contribution >= 0.6 is 0 Å². The highest BCUT2D eigenvalue weighted by Crippen LogP contribution is 2.44. The molecule has 1 atom stereocenters. The van der Waals surface area contributed by atoms with Gasteiger partial charge in [-0.15, -0.1) is 0 Å². The van der Waals surface area contributed by atoms with Gasteiger partial charge in [-0.3, -0.25) is 4.99 Å². The van der Waals surface area contributed by atoms with Gasteiger partial charge in [-0.2, -0.15) is 0 Å². The summed E-state index contributed by atoms with van der Waals surface area (Å²) in [5, 5.41) is 11.7. The van der Waals surface area contributed by atoms with Gasteiger partial charge in [-0.25, -0.2) is 17.9 Å². The fourth-order valence-corrected chi connectivity index (χ4v) is 4.53. The molecular formula is C23H33N3O4S. The molecule has 0 aromatic rings. The van der Waals surface area contributed by atoms with Crippen molar-refractivity contribution in [3.63, 3.8) is 0 Å². The number of carboxylic acids is 1. The number of hydrogen-bond acceptors (Lipinski definition) is 4. The van der Waals surface area contributed by atoms with Crippen molar-refractivity contribution >= 4 is 22.3 Å². The third kappa shape index (κ3) is 8.51. The summed E-state index contributed by atoms with van der Waals surface area (Å²) >= 11 is 0. The van der Waals surface area contributed by atoms with Crippen LogP contribution in [0.2, 0.25) is 0 Å². The molecular weight excluding hydrogens is 414 g/mol. The summed E-state index contributed by atoms with van der Waals surface area (Å²) in [6.07, 6.45) is 17.6. The summed E-state index contributed by atoms with van der Waals surface area (Å²) in [5.41, 5.74) is 1.82. The zero-order chi connectivity index (χ0) is 23.5. The second-order valence-corrected chi connectivity index (χ2v) is 9.44. The third-order valence-electron chi connectivity index (χ3n) is 4.94. The molecule has 0 unspecified atom stereocenters. The van der Waals surface area contributed by atoms with Crippen LogP contribution in [-0.4, -0.2) is 39.9 Å². The smallest absolute Gasteiger partial charge is 0.328 e. The van der Waals surface area contributed by atoms with Gasteiger partial charge in [0.25, 0.3) is 0 Å². The van der Waals surface area contributed by atoms with Gasteiger partial charge in [0.1, 0.15) is 0 Å². The number of allylic oxidation sites excluding steroid dienone is 10. The second-order valence-electron chi connectivity index (χ2n) is 7.53. The van der Waals surface area contributed by atoms with E-state index in [1.54, 1.807) is 38.7 Å². The van der Waals surface area contributed by atoms with Crippen LogP contribution in [0.25, 0.3) is 0 Å². The summed E-state index contributed by atoms with van der Waals surface area (Å²) in [7, 11) is -0.475. The molecule has 1 rings (SSSR count). The molecule has 3 N–H and O–H groups in total. The van der Waals surface area contributed by atoms with E-state index >= 15 is 0 Å². The Morgan fingerprint density at radius 2 is 1.94 bits per heavy atom. The van der Waals surface area contributed by atoms with Gasteiger partial charge < -0.3 is 10.4 Å². The van der Waals surface area contributed by atoms with E-state index in [2.05, 4.69) is 15.0 Å². The van der Waals surface area contributed by atoms with Crippen molar-refractivity contribution < 1.29 is 18.3 Å². The molecule has 170 valence electrons. The van der Waals surface area contributed by atoms with Gasteiger partial charge >= 0.3 is 5.97 Å². The Balaban J connectivity index is 3.32. The highest BCUT2D eigenvalue weighted by molar-refractivity contribution is 7.93. The van der Waals surface area contributed by atoms with Crippen LogP contribution in [-0.2, 0) is 14.8 Å². The Morgan fingerprint density at radius 1 is 1.23 bits per heavy atom. The SMILES string of the molecule is CN=CN/C=C/[C@@]1(C)CCCC(S(=O)(=O)NC)=C1/C=C/C(C)=C/C=C/C(C)=C/C(=O)O. The summed E-state index contributed by atoms with van der Waals surface area (Å²) < 4.78 is 27.8. The monoisotopic (exact) mass is 447 g/mol. The van der Waals surface area contributed by atoms with E-state index in [0.29, 0.717) is 16.9 Å². The number of carbonyl (C=O) groups is 1. The first-order chi connectivity index (χ1) is 14.6. The molecule has 0 bridgehead atoms. The standard InChI is InChI=1S/C23H33N3O4S/c1-18(8-6-9-19(2)16-22(27)28)11-12-20-21(31(29,30)25-5)10-7-13-23(20,3)14-15-26-17-24-4/h6,8-9,11-12,14-17,25H,7,10,13H2,1-5H3,(H,24,26)(H,27,28)/b9-6+,12-11+,15-14+,18-8+,19-16+/t23-/m1/s1. The summed E-state index contributed by atoms with van der Waals surface area (Å²) in [6.45, 7) is 5.64. The lowest BCUT2D eigenvalue weighted by molar-refractivity contribution is -0.131. The minimum atomic E-state index is -3.56. The molecule has 0 aromatic carbocycles. The van der Waals surface area contributed by atoms with Gasteiger partial charge in [0, 0.05) is 18.5 Å². The Kier molecular flexibility index (Phi) is 10.4. The van der Waals surface area contributed by atoms with Crippen molar-refractivity contribution in [3.05, 3.63) is 70.4 Å². The Bertz CT molecular complexity index is 967. The number of aliphatic carboxylic acids is 1. The Hall–Kier alpha value is -2.71. The quantitative estimate of drug-likeness (QED) is 0.204. The molecule has 0 saturated carbocycles. The number of nitrogens with one attached hydrogen (secondary N) is 2. The number of aliphatic imine (C=N–C) groups is 1. The average Bonchev–Trinajstić information content (AvgIpc) is 2.69. The molecule has 1 aliphatic rings. The van der Waals surface area contributed by atoms with Crippen molar-refractivity contribution in [2.45, 2.75) is 40.0 Å². The van der Waals surface area contributed by atoms with Crippen LogP contribution in [0.15, 0.2) is 75.3 Å². The minimum absolute atomic E-state index is 0.400. The zero-order valence-corrected chi connectivity index (χ0v) is 19.7. The first-order valence-corrected chi connectivity index (χ1v) is 11.5. The molecule has 0 aliphatic heterocycles. The largest absolute Gasteiger partial charge is 0.478 e. The lowest BCUT2D eigenvalue weighted by Crippen LogP contribution is -2.29. The molecule has 0 fully saturated rings. The van der Waals surface area contributed by atoms with E-state index in [4.69, 9.17) is 5.11 Å². The highest BCUT2D eigenvalue weighted by Gasteiger charge is 2.35. The maximum atomic E-state index is 12.7. The average molecular weight is 448 g/mol. The fourth-order valence-electron chi connectivity index (χ4n) is 3.28. The van der Waals surface area contributed by atoms with Crippen molar-refractivity contribution in [2.24, 2.45) is 10.4 Å². The van der Waals surface area contributed by atoms with Crippen LogP contribution in [0, 0.1) is 5.41 Å². The molecule has 0 amide bonds. The van der Waals surface area contributed by atoms with Gasteiger partial charge in [0.05, 0.1) is 11.2 Å². The predicted octanol–water partition coefficient (Wildman–Crippen LogP) is 3.83. The summed E-state index contributed by atoms with van der Waals surface area (Å²) in [6, 6.07) is 0. The zero-order valence-electron chi connectivity index (χ0n) is 18.8. The van der Waals surface area contributed by atoms with E-state index in [9.17, 15) is 13.2 Å². The molecule has 0 saturated heterocycles. The van der Waals surface area contributed by atoms with Crippen molar-refractivity contribution in [1.82, 2.24) is 10.0 Å². The number of hydrogen-bond donors (Lipinski definition) is 3. The van der Waals surface area contributed by atoms with E-state index in [1.165, 1.54) is 7.05 Å². The maximum absolute atomic E-state index is 12.7. The molecule has 31 heavy (non-hydrogen) atoms. The van der Waals surface area contributed by atoms with Crippen LogP contribution in [0.5, 0.6) is 0 Å². The first-order valence-electron chi connectivity index (χ1n) is 10.0. The molecule has 0 heterocycles. The molecule has 0 radical (unpaired) electrons. The van der Waals surface area contributed by atoms with Crippen molar-refractivity contribution in [1.29, 1.82) is 0 Å². The van der Waals surface area contributed by atoms with Gasteiger partial charge in [-0.05, 0) is 57.5 Å². The number of carboxylic acid groups (broad SMARTS) is 1. The van der Waals surface area contributed by atoms with Crippen LogP contribution < -0.4 is 10.0 Å². The lowest BCUT2D eigenvalue weighted by atomic mass is 9.73.